The second-order valence-electron chi connectivity index (χ2n) is 4.03. The second kappa shape index (κ2) is 6.27. The summed E-state index contributed by atoms with van der Waals surface area (Å²) in [5.74, 6) is -0.0213. The van der Waals surface area contributed by atoms with Crippen molar-refractivity contribution in [2.75, 3.05) is 12.4 Å². The summed E-state index contributed by atoms with van der Waals surface area (Å²) in [5.41, 5.74) is 0.332. The number of anilines is 1. The number of carbonyl (C=O) groups excluding carboxylic acids is 1. The van der Waals surface area contributed by atoms with Crippen LogP contribution in [-0.2, 0) is 11.3 Å². The molecule has 0 unspecified atom stereocenters. The molecular weight excluding hydrogens is 300 g/mol. The Morgan fingerprint density at radius 1 is 1.43 bits per heavy atom. The van der Waals surface area contributed by atoms with Crippen molar-refractivity contribution >= 4 is 28.9 Å². The van der Waals surface area contributed by atoms with Gasteiger partial charge in [0.25, 0.3) is 5.69 Å². The number of non-ortho nitro benzene ring substituents is 1. The van der Waals surface area contributed by atoms with E-state index in [1.54, 1.807) is 6.07 Å². The molecule has 2 rings (SSSR count). The SMILES string of the molecule is COC(=O)c1ccc(CNc2cc([N+](=O)[O-])ccc2Cl)o1. The van der Waals surface area contributed by atoms with Crippen LogP contribution in [0.15, 0.2) is 34.7 Å². The lowest BCUT2D eigenvalue weighted by Gasteiger charge is -2.06. The van der Waals surface area contributed by atoms with Crippen molar-refractivity contribution in [3.63, 3.8) is 0 Å². The Kier molecular flexibility index (Phi) is 4.44. The van der Waals surface area contributed by atoms with Crippen LogP contribution in [0, 0.1) is 10.1 Å². The summed E-state index contributed by atoms with van der Waals surface area (Å²) in [6, 6.07) is 7.16. The summed E-state index contributed by atoms with van der Waals surface area (Å²) in [4.78, 5) is 21.4. The number of hydrogen-bond donors (Lipinski definition) is 1. The minimum absolute atomic E-state index is 0.0726. The van der Waals surface area contributed by atoms with Crippen LogP contribution in [0.3, 0.4) is 0 Å². The molecule has 0 radical (unpaired) electrons. The van der Waals surface area contributed by atoms with Crippen LogP contribution in [0.25, 0.3) is 0 Å². The molecule has 1 aromatic carbocycles. The van der Waals surface area contributed by atoms with Gasteiger partial charge in [0.05, 0.1) is 29.3 Å². The van der Waals surface area contributed by atoms with Crippen molar-refractivity contribution in [2.45, 2.75) is 6.54 Å². The number of benzene rings is 1. The Bertz CT molecular complexity index is 683. The van der Waals surface area contributed by atoms with Crippen LogP contribution >= 0.6 is 11.6 Å². The van der Waals surface area contributed by atoms with Crippen molar-refractivity contribution in [2.24, 2.45) is 0 Å². The van der Waals surface area contributed by atoms with Crippen LogP contribution in [-0.4, -0.2) is 18.0 Å². The highest BCUT2D eigenvalue weighted by atomic mass is 35.5. The average molecular weight is 311 g/mol. The molecule has 0 aliphatic heterocycles. The number of esters is 1. The number of nitrogens with zero attached hydrogens (tertiary/aromatic N) is 1. The van der Waals surface area contributed by atoms with Gasteiger partial charge in [0.2, 0.25) is 5.76 Å². The van der Waals surface area contributed by atoms with Gasteiger partial charge in [0.1, 0.15) is 5.76 Å². The van der Waals surface area contributed by atoms with Gasteiger partial charge in [0.15, 0.2) is 0 Å². The van der Waals surface area contributed by atoms with Crippen LogP contribution in [0.4, 0.5) is 11.4 Å². The number of nitro groups is 1. The molecule has 0 saturated carbocycles. The van der Waals surface area contributed by atoms with E-state index in [1.165, 1.54) is 31.4 Å². The van der Waals surface area contributed by atoms with Gasteiger partial charge in [-0.15, -0.1) is 0 Å². The summed E-state index contributed by atoms with van der Waals surface area (Å²) < 4.78 is 9.79. The van der Waals surface area contributed by atoms with Crippen molar-refractivity contribution in [1.82, 2.24) is 0 Å². The molecule has 0 fully saturated rings. The molecule has 0 bridgehead atoms. The van der Waals surface area contributed by atoms with E-state index in [-0.39, 0.29) is 18.0 Å². The third-order valence-corrected chi connectivity index (χ3v) is 2.99. The summed E-state index contributed by atoms with van der Waals surface area (Å²) >= 11 is 5.96. The molecule has 0 atom stereocenters. The zero-order chi connectivity index (χ0) is 15.4. The molecule has 21 heavy (non-hydrogen) atoms. The van der Waals surface area contributed by atoms with E-state index >= 15 is 0 Å². The molecule has 110 valence electrons. The third kappa shape index (κ3) is 3.51. The molecule has 1 aromatic heterocycles. The van der Waals surface area contributed by atoms with Gasteiger partial charge in [-0.3, -0.25) is 10.1 Å². The highest BCUT2D eigenvalue weighted by Gasteiger charge is 2.12. The molecule has 0 amide bonds. The number of rotatable bonds is 5. The number of methoxy groups -OCH3 is 1. The lowest BCUT2D eigenvalue weighted by atomic mass is 10.2. The highest BCUT2D eigenvalue weighted by molar-refractivity contribution is 6.33. The topological polar surface area (TPSA) is 94.6 Å². The van der Waals surface area contributed by atoms with Gasteiger partial charge in [0, 0.05) is 12.1 Å². The van der Waals surface area contributed by atoms with E-state index in [0.717, 1.165) is 0 Å². The van der Waals surface area contributed by atoms with Crippen LogP contribution in [0.5, 0.6) is 0 Å². The standard InChI is InChI=1S/C13H11ClN2O5/c1-20-13(17)12-5-3-9(21-12)7-15-11-6-8(16(18)19)2-4-10(11)14/h2-6,15H,7H2,1H3. The zero-order valence-electron chi connectivity index (χ0n) is 11.0. The monoisotopic (exact) mass is 310 g/mol. The molecule has 0 spiro atoms. The van der Waals surface area contributed by atoms with E-state index in [2.05, 4.69) is 10.1 Å². The number of nitrogens with one attached hydrogen (secondary N) is 1. The van der Waals surface area contributed by atoms with Gasteiger partial charge in [-0.05, 0) is 18.2 Å². The molecule has 0 aliphatic rings. The largest absolute Gasteiger partial charge is 0.463 e. The first-order valence-corrected chi connectivity index (χ1v) is 6.24. The molecule has 2 aromatic rings. The fraction of sp³-hybridized carbons (Fsp3) is 0.154. The Hall–Kier alpha value is -2.54. The molecule has 1 N–H and O–H groups in total. The van der Waals surface area contributed by atoms with Crippen molar-refractivity contribution in [3.8, 4) is 0 Å². The molecule has 0 saturated heterocycles. The van der Waals surface area contributed by atoms with E-state index in [4.69, 9.17) is 16.0 Å². The van der Waals surface area contributed by atoms with Gasteiger partial charge >= 0.3 is 5.97 Å². The average Bonchev–Trinajstić information content (AvgIpc) is 2.94. The Morgan fingerprint density at radius 3 is 2.86 bits per heavy atom. The predicted molar refractivity (Wildman–Crippen MR) is 75.5 cm³/mol. The molecule has 8 heteroatoms. The highest BCUT2D eigenvalue weighted by Crippen LogP contribution is 2.27. The zero-order valence-corrected chi connectivity index (χ0v) is 11.7. The smallest absolute Gasteiger partial charge is 0.373 e. The number of nitro benzene ring substituents is 1. The number of carbonyl (C=O) groups is 1. The number of hydrogen-bond acceptors (Lipinski definition) is 6. The van der Waals surface area contributed by atoms with Gasteiger partial charge in [-0.1, -0.05) is 11.6 Å². The van der Waals surface area contributed by atoms with E-state index in [9.17, 15) is 14.9 Å². The Labute approximate surface area is 124 Å². The first kappa shape index (κ1) is 14.9. The maximum absolute atomic E-state index is 11.2. The molecule has 7 nitrogen and oxygen atoms in total. The molecule has 0 aliphatic carbocycles. The first-order valence-electron chi connectivity index (χ1n) is 5.86. The quantitative estimate of drug-likeness (QED) is 0.517. The lowest BCUT2D eigenvalue weighted by molar-refractivity contribution is -0.384. The van der Waals surface area contributed by atoms with Gasteiger partial charge in [-0.2, -0.15) is 0 Å². The van der Waals surface area contributed by atoms with E-state index in [1.807, 2.05) is 0 Å². The van der Waals surface area contributed by atoms with Crippen LogP contribution in [0.2, 0.25) is 5.02 Å². The Balaban J connectivity index is 2.09. The number of ether oxygens (including phenoxy) is 1. The fourth-order valence-corrected chi connectivity index (χ4v) is 1.81. The molecular formula is C13H11ClN2O5. The van der Waals surface area contributed by atoms with Crippen molar-refractivity contribution in [3.05, 3.63) is 57.0 Å². The summed E-state index contributed by atoms with van der Waals surface area (Å²) in [6.45, 7) is 0.220. The minimum atomic E-state index is -0.574. The summed E-state index contributed by atoms with van der Waals surface area (Å²) in [6.07, 6.45) is 0. The summed E-state index contributed by atoms with van der Waals surface area (Å²) in [7, 11) is 1.26. The second-order valence-corrected chi connectivity index (χ2v) is 4.44. The number of furan rings is 1. The lowest BCUT2D eigenvalue weighted by Crippen LogP contribution is -2.01. The maximum atomic E-state index is 11.2. The minimum Gasteiger partial charge on any atom is -0.463 e. The van der Waals surface area contributed by atoms with E-state index < -0.39 is 10.9 Å². The van der Waals surface area contributed by atoms with Crippen molar-refractivity contribution in [1.29, 1.82) is 0 Å². The summed E-state index contributed by atoms with van der Waals surface area (Å²) in [5, 5.41) is 14.0. The van der Waals surface area contributed by atoms with Gasteiger partial charge < -0.3 is 14.5 Å². The predicted octanol–water partition coefficient (Wildman–Crippen LogP) is 3.24. The van der Waals surface area contributed by atoms with Crippen molar-refractivity contribution < 1.29 is 18.9 Å². The normalized spacial score (nSPS) is 10.2. The number of halogens is 1. The molecule has 1 heterocycles. The first-order chi connectivity index (χ1) is 10.0. The van der Waals surface area contributed by atoms with E-state index in [0.29, 0.717) is 16.5 Å². The Morgan fingerprint density at radius 2 is 2.19 bits per heavy atom. The van der Waals surface area contributed by atoms with Crippen LogP contribution < -0.4 is 5.32 Å². The third-order valence-electron chi connectivity index (χ3n) is 2.66. The van der Waals surface area contributed by atoms with Gasteiger partial charge in [-0.25, -0.2) is 4.79 Å². The maximum Gasteiger partial charge on any atom is 0.373 e. The fourth-order valence-electron chi connectivity index (χ4n) is 1.63. The van der Waals surface area contributed by atoms with Crippen LogP contribution in [0.1, 0.15) is 16.3 Å².